The van der Waals surface area contributed by atoms with Crippen LogP contribution in [-0.2, 0) is 9.59 Å². The summed E-state index contributed by atoms with van der Waals surface area (Å²) in [7, 11) is 2.27. The van der Waals surface area contributed by atoms with Gasteiger partial charge in [0.25, 0.3) is 5.91 Å². The van der Waals surface area contributed by atoms with Gasteiger partial charge in [-0.3, -0.25) is 14.9 Å². The lowest BCUT2D eigenvalue weighted by molar-refractivity contribution is -0.136. The monoisotopic (exact) mass is 203 g/mol. The molecule has 1 saturated heterocycles. The van der Waals surface area contributed by atoms with Crippen molar-refractivity contribution in [2.45, 2.75) is 18.9 Å². The summed E-state index contributed by atoms with van der Waals surface area (Å²) in [5.41, 5.74) is 2.85. The van der Waals surface area contributed by atoms with Crippen molar-refractivity contribution in [3.05, 3.63) is 0 Å². The summed E-state index contributed by atoms with van der Waals surface area (Å²) >= 11 is 0. The topological polar surface area (TPSA) is 61.4 Å². The molecule has 1 aliphatic heterocycles. The Morgan fingerprint density at radius 3 is 3.15 bits per heavy atom. The molecular weight excluding hydrogens is 189 g/mol. The molecule has 1 aliphatic rings. The maximum Gasteiger partial charge on any atom is 0.250 e. The first-order valence-electron chi connectivity index (χ1n) is 4.23. The Bertz CT molecular complexity index is 200. The summed E-state index contributed by atoms with van der Waals surface area (Å²) in [6, 6.07) is -0.206. The van der Waals surface area contributed by atoms with Crippen LogP contribution >= 0.6 is 9.39 Å². The minimum atomic E-state index is -0.206. The number of hydrogen-bond acceptors (Lipinski definition) is 4. The van der Waals surface area contributed by atoms with Gasteiger partial charge in [-0.05, 0) is 12.8 Å². The Morgan fingerprint density at radius 1 is 1.77 bits per heavy atom. The maximum absolute atomic E-state index is 11.3. The van der Waals surface area contributed by atoms with Crippen LogP contribution in [0.15, 0.2) is 0 Å². The van der Waals surface area contributed by atoms with Crippen LogP contribution in [-0.4, -0.2) is 36.3 Å². The summed E-state index contributed by atoms with van der Waals surface area (Å²) in [5.74, 6) is -0.0402. The lowest BCUT2D eigenvalue weighted by Crippen LogP contribution is -2.54. The van der Waals surface area contributed by atoms with E-state index in [1.807, 2.05) is 0 Å². The van der Waals surface area contributed by atoms with Gasteiger partial charge in [-0.1, -0.05) is 9.39 Å². The van der Waals surface area contributed by atoms with E-state index in [9.17, 15) is 9.59 Å². The van der Waals surface area contributed by atoms with Crippen molar-refractivity contribution in [3.63, 3.8) is 0 Å². The highest BCUT2D eigenvalue weighted by Gasteiger charge is 2.21. The van der Waals surface area contributed by atoms with Crippen molar-refractivity contribution >= 4 is 21.6 Å². The summed E-state index contributed by atoms with van der Waals surface area (Å²) in [6.45, 7) is 0.943. The van der Waals surface area contributed by atoms with E-state index in [4.69, 9.17) is 0 Å². The SMILES string of the molecule is O=CC1CCCN(C(=O)CNP)N1. The first-order chi connectivity index (χ1) is 6.27. The van der Waals surface area contributed by atoms with Gasteiger partial charge in [0.1, 0.15) is 6.29 Å². The van der Waals surface area contributed by atoms with Crippen LogP contribution in [0.2, 0.25) is 0 Å². The van der Waals surface area contributed by atoms with E-state index < -0.39 is 0 Å². The fourth-order valence-corrected chi connectivity index (χ4v) is 1.45. The third-order valence-electron chi connectivity index (χ3n) is 1.94. The quantitative estimate of drug-likeness (QED) is 0.459. The number of carbonyl (C=O) groups excluding carboxylic acids is 2. The first-order valence-corrected chi connectivity index (χ1v) is 4.81. The standard InChI is InChI=1S/C7H14N3O2P/c11-5-6-2-1-3-10(9-6)7(12)4-8-13/h5-6,8-9H,1-4,13H2. The molecule has 0 radical (unpaired) electrons. The highest BCUT2D eigenvalue weighted by Crippen LogP contribution is 2.05. The normalized spacial score (nSPS) is 22.8. The average molecular weight is 203 g/mol. The maximum atomic E-state index is 11.3. The summed E-state index contributed by atoms with van der Waals surface area (Å²) in [5, 5.41) is 4.19. The Morgan fingerprint density at radius 2 is 2.54 bits per heavy atom. The number of hydrogen-bond donors (Lipinski definition) is 2. The Labute approximate surface area is 79.5 Å². The molecule has 0 saturated carbocycles. The molecule has 1 fully saturated rings. The molecule has 1 rings (SSSR count). The van der Waals surface area contributed by atoms with E-state index in [0.717, 1.165) is 19.1 Å². The van der Waals surface area contributed by atoms with Gasteiger partial charge in [0, 0.05) is 6.54 Å². The molecule has 0 aliphatic carbocycles. The van der Waals surface area contributed by atoms with Crippen molar-refractivity contribution < 1.29 is 9.59 Å². The fourth-order valence-electron chi connectivity index (χ4n) is 1.28. The minimum absolute atomic E-state index is 0.0402. The molecule has 2 unspecified atom stereocenters. The van der Waals surface area contributed by atoms with Crippen molar-refractivity contribution in [2.75, 3.05) is 13.1 Å². The van der Waals surface area contributed by atoms with Crippen molar-refractivity contribution in [1.29, 1.82) is 0 Å². The van der Waals surface area contributed by atoms with E-state index in [-0.39, 0.29) is 18.5 Å². The molecule has 0 aromatic carbocycles. The Kier molecular flexibility index (Phi) is 4.28. The van der Waals surface area contributed by atoms with Gasteiger partial charge in [-0.15, -0.1) is 0 Å². The number of carbonyl (C=O) groups is 2. The molecule has 0 aromatic rings. The molecule has 74 valence electrons. The molecule has 5 nitrogen and oxygen atoms in total. The molecule has 6 heteroatoms. The second-order valence-electron chi connectivity index (χ2n) is 2.94. The largest absolute Gasteiger partial charge is 0.302 e. The zero-order chi connectivity index (χ0) is 9.68. The van der Waals surface area contributed by atoms with Gasteiger partial charge in [-0.2, -0.15) is 0 Å². The molecular formula is C7H14N3O2P. The van der Waals surface area contributed by atoms with Gasteiger partial charge in [0.05, 0.1) is 12.6 Å². The summed E-state index contributed by atoms with van der Waals surface area (Å²) in [6.07, 6.45) is 2.52. The van der Waals surface area contributed by atoms with Gasteiger partial charge in [-0.25, -0.2) is 5.43 Å². The summed E-state index contributed by atoms with van der Waals surface area (Å²) in [4.78, 5) is 21.8. The van der Waals surface area contributed by atoms with Crippen LogP contribution in [0.4, 0.5) is 0 Å². The van der Waals surface area contributed by atoms with Crippen LogP contribution in [0.1, 0.15) is 12.8 Å². The molecule has 13 heavy (non-hydrogen) atoms. The lowest BCUT2D eigenvalue weighted by atomic mass is 10.1. The number of nitrogens with zero attached hydrogens (tertiary/aromatic N) is 1. The lowest BCUT2D eigenvalue weighted by Gasteiger charge is -2.31. The highest BCUT2D eigenvalue weighted by molar-refractivity contribution is 7.13. The first kappa shape index (κ1) is 10.6. The predicted octanol–water partition coefficient (Wildman–Crippen LogP) is -0.939. The van der Waals surface area contributed by atoms with Crippen molar-refractivity contribution in [3.8, 4) is 0 Å². The van der Waals surface area contributed by atoms with Crippen molar-refractivity contribution in [2.24, 2.45) is 0 Å². The fraction of sp³-hybridized carbons (Fsp3) is 0.714. The molecule has 0 spiro atoms. The average Bonchev–Trinajstić information content (AvgIpc) is 2.18. The third-order valence-corrected chi connectivity index (χ3v) is 2.14. The second-order valence-corrected chi connectivity index (χ2v) is 3.35. The highest BCUT2D eigenvalue weighted by atomic mass is 31.0. The molecule has 0 aromatic heterocycles. The van der Waals surface area contributed by atoms with Crippen LogP contribution in [0.3, 0.4) is 0 Å². The van der Waals surface area contributed by atoms with Crippen LogP contribution in [0, 0.1) is 0 Å². The molecule has 2 atom stereocenters. The number of rotatable bonds is 3. The number of aldehydes is 1. The van der Waals surface area contributed by atoms with Crippen LogP contribution < -0.4 is 10.5 Å². The zero-order valence-electron chi connectivity index (χ0n) is 7.32. The molecule has 2 N–H and O–H groups in total. The van der Waals surface area contributed by atoms with E-state index in [1.54, 1.807) is 0 Å². The summed E-state index contributed by atoms with van der Waals surface area (Å²) < 4.78 is 0. The van der Waals surface area contributed by atoms with Gasteiger partial charge < -0.3 is 4.79 Å². The number of amides is 1. The minimum Gasteiger partial charge on any atom is -0.302 e. The van der Waals surface area contributed by atoms with Gasteiger partial charge in [0.15, 0.2) is 0 Å². The molecule has 1 heterocycles. The Hall–Kier alpha value is -0.510. The number of nitrogens with one attached hydrogen (secondary N) is 2. The van der Waals surface area contributed by atoms with Crippen LogP contribution in [0.5, 0.6) is 0 Å². The smallest absolute Gasteiger partial charge is 0.250 e. The van der Waals surface area contributed by atoms with Crippen LogP contribution in [0.25, 0.3) is 0 Å². The predicted molar refractivity (Wildman–Crippen MR) is 51.6 cm³/mol. The second kappa shape index (κ2) is 5.27. The molecule has 0 bridgehead atoms. The Balaban J connectivity index is 2.41. The van der Waals surface area contributed by atoms with E-state index >= 15 is 0 Å². The van der Waals surface area contributed by atoms with Gasteiger partial charge in [0.2, 0.25) is 0 Å². The third kappa shape index (κ3) is 3.03. The molecule has 1 amide bonds. The zero-order valence-corrected chi connectivity index (χ0v) is 8.48. The van der Waals surface area contributed by atoms with Gasteiger partial charge >= 0.3 is 0 Å². The van der Waals surface area contributed by atoms with E-state index in [0.29, 0.717) is 6.54 Å². The van der Waals surface area contributed by atoms with Crippen molar-refractivity contribution in [1.82, 2.24) is 15.5 Å². The number of hydrazine groups is 1. The van der Waals surface area contributed by atoms with E-state index in [1.165, 1.54) is 5.01 Å². The van der Waals surface area contributed by atoms with E-state index in [2.05, 4.69) is 19.9 Å².